The number of allylic oxidation sites excluding steroid dienone is 3. The molecule has 0 aliphatic heterocycles. The summed E-state index contributed by atoms with van der Waals surface area (Å²) in [5.74, 6) is -1.52. The zero-order valence-electron chi connectivity index (χ0n) is 19.2. The molecule has 0 aliphatic rings. The lowest BCUT2D eigenvalue weighted by Gasteiger charge is -2.19. The van der Waals surface area contributed by atoms with Crippen LogP contribution < -0.4 is 4.74 Å². The van der Waals surface area contributed by atoms with Gasteiger partial charge in [-0.25, -0.2) is 8.78 Å². The molecular weight excluding hydrogens is 440 g/mol. The average Bonchev–Trinajstić information content (AvgIpc) is 2.81. The van der Waals surface area contributed by atoms with E-state index < -0.39 is 17.7 Å². The summed E-state index contributed by atoms with van der Waals surface area (Å²) >= 11 is 0. The number of hydrogen-bond acceptors (Lipinski definition) is 1. The summed E-state index contributed by atoms with van der Waals surface area (Å²) in [6, 6.07) is 13.9. The van der Waals surface area contributed by atoms with Gasteiger partial charge in [0, 0.05) is 11.6 Å². The maximum atomic E-state index is 14.7. The lowest BCUT2D eigenvalue weighted by Crippen LogP contribution is -2.22. The predicted octanol–water partition coefficient (Wildman–Crippen LogP) is 8.78. The van der Waals surface area contributed by atoms with Crippen LogP contribution in [0.2, 0.25) is 0 Å². The molecule has 0 spiro atoms. The van der Waals surface area contributed by atoms with E-state index in [1.165, 1.54) is 30.3 Å². The SMILES string of the molecule is C=CCCCc1ccc(-c2ccc(OC(F)(F)c3ccc(CC/C=C/C)cc3)cc2F)cc1F. The molecule has 0 fully saturated rings. The molecule has 5 heteroatoms. The summed E-state index contributed by atoms with van der Waals surface area (Å²) in [4.78, 5) is 0. The predicted molar refractivity (Wildman–Crippen MR) is 129 cm³/mol. The summed E-state index contributed by atoms with van der Waals surface area (Å²) in [5, 5.41) is 0. The Balaban J connectivity index is 1.72. The van der Waals surface area contributed by atoms with E-state index in [-0.39, 0.29) is 16.9 Å². The Morgan fingerprint density at radius 2 is 1.65 bits per heavy atom. The molecule has 0 saturated heterocycles. The molecule has 0 N–H and O–H groups in total. The maximum Gasteiger partial charge on any atom is 0.426 e. The highest BCUT2D eigenvalue weighted by atomic mass is 19.3. The monoisotopic (exact) mass is 468 g/mol. The Hall–Kier alpha value is -3.34. The summed E-state index contributed by atoms with van der Waals surface area (Å²) in [6.07, 6.45) is 5.78. The first-order valence-corrected chi connectivity index (χ1v) is 11.3. The molecule has 3 aromatic carbocycles. The lowest BCUT2D eigenvalue weighted by molar-refractivity contribution is -0.185. The Bertz CT molecular complexity index is 1130. The van der Waals surface area contributed by atoms with Crippen molar-refractivity contribution >= 4 is 0 Å². The molecule has 0 bridgehead atoms. The van der Waals surface area contributed by atoms with E-state index in [1.54, 1.807) is 30.3 Å². The van der Waals surface area contributed by atoms with Gasteiger partial charge in [0.05, 0.1) is 5.56 Å². The average molecular weight is 469 g/mol. The highest BCUT2D eigenvalue weighted by molar-refractivity contribution is 5.65. The normalized spacial score (nSPS) is 11.7. The third-order valence-electron chi connectivity index (χ3n) is 5.53. The number of alkyl halides is 2. The summed E-state index contributed by atoms with van der Waals surface area (Å²) in [5.41, 5.74) is 1.60. The third kappa shape index (κ3) is 6.60. The van der Waals surface area contributed by atoms with Crippen molar-refractivity contribution in [1.29, 1.82) is 0 Å². The number of aryl methyl sites for hydroxylation is 2. The fourth-order valence-electron chi connectivity index (χ4n) is 3.64. The highest BCUT2D eigenvalue weighted by Crippen LogP contribution is 2.34. The highest BCUT2D eigenvalue weighted by Gasteiger charge is 2.34. The second-order valence-electron chi connectivity index (χ2n) is 8.05. The number of benzene rings is 3. The van der Waals surface area contributed by atoms with Crippen LogP contribution in [-0.2, 0) is 19.0 Å². The summed E-state index contributed by atoms with van der Waals surface area (Å²) in [6.45, 7) is 5.57. The number of halogens is 4. The first kappa shape index (κ1) is 25.3. The van der Waals surface area contributed by atoms with Gasteiger partial charge in [-0.1, -0.05) is 42.5 Å². The zero-order chi connectivity index (χ0) is 24.6. The second kappa shape index (κ2) is 11.7. The van der Waals surface area contributed by atoms with Gasteiger partial charge in [0.25, 0.3) is 0 Å². The van der Waals surface area contributed by atoms with E-state index in [2.05, 4.69) is 6.58 Å². The Labute approximate surface area is 198 Å². The van der Waals surface area contributed by atoms with E-state index in [1.807, 2.05) is 19.1 Å². The quantitative estimate of drug-likeness (QED) is 0.155. The molecular formula is C29H28F4O. The molecule has 178 valence electrons. The Morgan fingerprint density at radius 1 is 0.882 bits per heavy atom. The van der Waals surface area contributed by atoms with Crippen molar-refractivity contribution < 1.29 is 22.3 Å². The van der Waals surface area contributed by atoms with Crippen LogP contribution >= 0.6 is 0 Å². The zero-order valence-corrected chi connectivity index (χ0v) is 19.2. The summed E-state index contributed by atoms with van der Waals surface area (Å²) in [7, 11) is 0. The lowest BCUT2D eigenvalue weighted by atomic mass is 10.0. The van der Waals surface area contributed by atoms with Gasteiger partial charge in [0.2, 0.25) is 0 Å². The molecule has 3 aromatic rings. The topological polar surface area (TPSA) is 9.23 Å². The first-order chi connectivity index (χ1) is 16.3. The fraction of sp³-hybridized carbons (Fsp3) is 0.241. The van der Waals surface area contributed by atoms with E-state index in [9.17, 15) is 17.6 Å². The van der Waals surface area contributed by atoms with Crippen molar-refractivity contribution in [2.45, 2.75) is 45.1 Å². The van der Waals surface area contributed by atoms with Crippen LogP contribution in [0.3, 0.4) is 0 Å². The van der Waals surface area contributed by atoms with Gasteiger partial charge in [-0.05, 0) is 86.1 Å². The van der Waals surface area contributed by atoms with Crippen LogP contribution in [0.5, 0.6) is 5.75 Å². The van der Waals surface area contributed by atoms with Crippen LogP contribution in [0.4, 0.5) is 17.6 Å². The number of hydrogen-bond donors (Lipinski definition) is 0. The van der Waals surface area contributed by atoms with Crippen molar-refractivity contribution in [2.24, 2.45) is 0 Å². The van der Waals surface area contributed by atoms with Gasteiger partial charge in [-0.15, -0.1) is 6.58 Å². The van der Waals surface area contributed by atoms with Gasteiger partial charge in [-0.3, -0.25) is 0 Å². The third-order valence-corrected chi connectivity index (χ3v) is 5.53. The van der Waals surface area contributed by atoms with Gasteiger partial charge in [0.15, 0.2) is 0 Å². The van der Waals surface area contributed by atoms with Crippen LogP contribution in [-0.4, -0.2) is 0 Å². The second-order valence-corrected chi connectivity index (χ2v) is 8.05. The van der Waals surface area contributed by atoms with Gasteiger partial charge in [-0.2, -0.15) is 8.78 Å². The molecule has 0 atom stereocenters. The fourth-order valence-corrected chi connectivity index (χ4v) is 3.64. The van der Waals surface area contributed by atoms with Crippen molar-refractivity contribution in [1.82, 2.24) is 0 Å². The molecule has 0 aliphatic carbocycles. The van der Waals surface area contributed by atoms with Crippen LogP contribution in [0.15, 0.2) is 85.5 Å². The number of ether oxygens (including phenoxy) is 1. The Morgan fingerprint density at radius 3 is 2.29 bits per heavy atom. The van der Waals surface area contributed by atoms with Gasteiger partial charge >= 0.3 is 6.11 Å². The molecule has 0 aromatic heterocycles. The molecule has 0 amide bonds. The van der Waals surface area contributed by atoms with Crippen molar-refractivity contribution in [3.8, 4) is 16.9 Å². The van der Waals surface area contributed by atoms with Crippen molar-refractivity contribution in [3.63, 3.8) is 0 Å². The van der Waals surface area contributed by atoms with Gasteiger partial charge < -0.3 is 4.74 Å². The standard InChI is InChI=1S/C29H28F4O/c1-3-5-7-9-21-11-15-24(16-12-21)29(32,33)34-25-17-18-26(28(31)20-25)23-14-13-22(27(30)19-23)10-8-6-4-2/h3-5,11-20H,2,6-10H2,1H3/b5-3+. The maximum absolute atomic E-state index is 14.7. The van der Waals surface area contributed by atoms with E-state index in [0.717, 1.165) is 37.3 Å². The molecule has 0 heterocycles. The van der Waals surface area contributed by atoms with Gasteiger partial charge in [0.1, 0.15) is 17.4 Å². The minimum absolute atomic E-state index is 0.109. The van der Waals surface area contributed by atoms with Crippen molar-refractivity contribution in [3.05, 3.63) is 114 Å². The smallest absolute Gasteiger partial charge is 0.426 e. The largest absolute Gasteiger partial charge is 0.429 e. The molecule has 0 unspecified atom stereocenters. The van der Waals surface area contributed by atoms with Crippen LogP contribution in [0.1, 0.15) is 42.9 Å². The molecule has 1 nitrogen and oxygen atoms in total. The first-order valence-electron chi connectivity index (χ1n) is 11.3. The minimum atomic E-state index is -3.63. The van der Waals surface area contributed by atoms with E-state index >= 15 is 0 Å². The number of unbranched alkanes of at least 4 members (excludes halogenated alkanes) is 1. The Kier molecular flexibility index (Phi) is 8.69. The molecule has 34 heavy (non-hydrogen) atoms. The minimum Gasteiger partial charge on any atom is -0.429 e. The molecule has 0 radical (unpaired) electrons. The molecule has 3 rings (SSSR count). The van der Waals surface area contributed by atoms with Crippen molar-refractivity contribution in [2.75, 3.05) is 0 Å². The molecule has 0 saturated carbocycles. The van der Waals surface area contributed by atoms with Crippen LogP contribution in [0, 0.1) is 11.6 Å². The summed E-state index contributed by atoms with van der Waals surface area (Å²) < 4.78 is 63.3. The van der Waals surface area contributed by atoms with Crippen LogP contribution in [0.25, 0.3) is 11.1 Å². The van der Waals surface area contributed by atoms with E-state index in [0.29, 0.717) is 17.5 Å². The number of rotatable bonds is 11. The van der Waals surface area contributed by atoms with E-state index in [4.69, 9.17) is 4.74 Å².